The number of carboxylic acids is 1. The summed E-state index contributed by atoms with van der Waals surface area (Å²) in [5, 5.41) is 18.9. The highest BCUT2D eigenvalue weighted by Crippen LogP contribution is 2.15. The molecule has 112 valence electrons. The van der Waals surface area contributed by atoms with E-state index in [9.17, 15) is 9.90 Å². The molecule has 1 aromatic carbocycles. The summed E-state index contributed by atoms with van der Waals surface area (Å²) in [5.41, 5.74) is 1.88. The minimum Gasteiger partial charge on any atom is -0.480 e. The number of hydrogen-bond acceptors (Lipinski definition) is 4. The molecule has 0 saturated heterocycles. The Bertz CT molecular complexity index is 416. The number of carbonyl (C=O) groups is 1. The maximum absolute atomic E-state index is 10.9. The van der Waals surface area contributed by atoms with Crippen molar-refractivity contribution >= 4 is 11.7 Å². The van der Waals surface area contributed by atoms with Gasteiger partial charge in [-0.1, -0.05) is 17.7 Å². The fourth-order valence-corrected chi connectivity index (χ4v) is 1.79. The first kappa shape index (κ1) is 16.5. The van der Waals surface area contributed by atoms with Crippen LogP contribution >= 0.6 is 0 Å². The molecule has 2 N–H and O–H groups in total. The van der Waals surface area contributed by atoms with E-state index in [4.69, 9.17) is 9.84 Å². The molecule has 0 aromatic heterocycles. The molecule has 0 radical (unpaired) electrons. The molecule has 1 atom stereocenters. The number of aliphatic hydroxyl groups excluding tert-OH is 1. The smallest absolute Gasteiger partial charge is 0.323 e. The molecule has 0 aliphatic rings. The van der Waals surface area contributed by atoms with Gasteiger partial charge in [-0.2, -0.15) is 0 Å². The molecule has 0 bridgehead atoms. The average Bonchev–Trinajstić information content (AvgIpc) is 2.36. The first-order chi connectivity index (χ1) is 9.38. The molecule has 0 saturated carbocycles. The number of aliphatic hydroxyl groups is 1. The van der Waals surface area contributed by atoms with Crippen LogP contribution in [0.25, 0.3) is 0 Å². The zero-order valence-electron chi connectivity index (χ0n) is 12.2. The minimum atomic E-state index is -0.928. The summed E-state index contributed by atoms with van der Waals surface area (Å²) < 4.78 is 5.34. The standard InChI is InChI=1S/C15H23NO4/c1-11(2)20-10-14(17)8-16(9-15(18)19)13-6-4-12(3)5-7-13/h4-7,11,14,17H,8-10H2,1-3H3,(H,18,19). The zero-order valence-corrected chi connectivity index (χ0v) is 12.2. The van der Waals surface area contributed by atoms with Crippen molar-refractivity contribution in [3.8, 4) is 0 Å². The van der Waals surface area contributed by atoms with Gasteiger partial charge in [-0.05, 0) is 32.9 Å². The van der Waals surface area contributed by atoms with Crippen molar-refractivity contribution in [2.75, 3.05) is 24.6 Å². The van der Waals surface area contributed by atoms with Crippen LogP contribution in [0.4, 0.5) is 5.69 Å². The molecule has 5 nitrogen and oxygen atoms in total. The van der Waals surface area contributed by atoms with E-state index in [0.29, 0.717) is 0 Å². The van der Waals surface area contributed by atoms with Crippen LogP contribution in [0.2, 0.25) is 0 Å². The quantitative estimate of drug-likeness (QED) is 0.758. The lowest BCUT2D eigenvalue weighted by Gasteiger charge is -2.26. The number of aryl methyl sites for hydroxylation is 1. The van der Waals surface area contributed by atoms with Crippen molar-refractivity contribution in [2.24, 2.45) is 0 Å². The highest BCUT2D eigenvalue weighted by Gasteiger charge is 2.16. The summed E-state index contributed by atoms with van der Waals surface area (Å²) in [6, 6.07) is 7.55. The Hall–Kier alpha value is -1.59. The number of nitrogens with zero attached hydrogens (tertiary/aromatic N) is 1. The number of benzene rings is 1. The maximum Gasteiger partial charge on any atom is 0.323 e. The lowest BCUT2D eigenvalue weighted by Crippen LogP contribution is -2.38. The lowest BCUT2D eigenvalue weighted by molar-refractivity contribution is -0.135. The highest BCUT2D eigenvalue weighted by molar-refractivity contribution is 5.73. The average molecular weight is 281 g/mol. The Kier molecular flexibility index (Phi) is 6.48. The first-order valence-corrected chi connectivity index (χ1v) is 6.71. The van der Waals surface area contributed by atoms with Crippen LogP contribution in [0, 0.1) is 6.92 Å². The molecular weight excluding hydrogens is 258 g/mol. The van der Waals surface area contributed by atoms with Crippen molar-refractivity contribution in [2.45, 2.75) is 33.0 Å². The Labute approximate surface area is 119 Å². The van der Waals surface area contributed by atoms with E-state index < -0.39 is 12.1 Å². The lowest BCUT2D eigenvalue weighted by atomic mass is 10.2. The Morgan fingerprint density at radius 2 is 1.90 bits per heavy atom. The zero-order chi connectivity index (χ0) is 15.1. The van der Waals surface area contributed by atoms with Gasteiger partial charge in [0.25, 0.3) is 0 Å². The molecular formula is C15H23NO4. The van der Waals surface area contributed by atoms with Gasteiger partial charge in [0.2, 0.25) is 0 Å². The number of carboxylic acid groups (broad SMARTS) is 1. The van der Waals surface area contributed by atoms with Gasteiger partial charge < -0.3 is 19.8 Å². The third-order valence-electron chi connectivity index (χ3n) is 2.78. The molecule has 1 aromatic rings. The van der Waals surface area contributed by atoms with Gasteiger partial charge in [0.1, 0.15) is 6.54 Å². The third-order valence-corrected chi connectivity index (χ3v) is 2.78. The number of ether oxygens (including phenoxy) is 1. The summed E-state index contributed by atoms with van der Waals surface area (Å²) >= 11 is 0. The van der Waals surface area contributed by atoms with Gasteiger partial charge in [0.15, 0.2) is 0 Å². The summed E-state index contributed by atoms with van der Waals surface area (Å²) in [5.74, 6) is -0.928. The van der Waals surface area contributed by atoms with Gasteiger partial charge in [-0.3, -0.25) is 4.79 Å². The first-order valence-electron chi connectivity index (χ1n) is 6.71. The second-order valence-electron chi connectivity index (χ2n) is 5.15. The van der Waals surface area contributed by atoms with E-state index in [0.717, 1.165) is 11.3 Å². The third kappa shape index (κ3) is 6.04. The Balaban J connectivity index is 2.69. The van der Waals surface area contributed by atoms with Gasteiger partial charge in [0.05, 0.1) is 18.8 Å². The number of hydrogen-bond donors (Lipinski definition) is 2. The summed E-state index contributed by atoms with van der Waals surface area (Å²) in [4.78, 5) is 12.6. The largest absolute Gasteiger partial charge is 0.480 e. The van der Waals surface area contributed by atoms with Gasteiger partial charge in [-0.15, -0.1) is 0 Å². The Morgan fingerprint density at radius 3 is 2.40 bits per heavy atom. The number of anilines is 1. The molecule has 20 heavy (non-hydrogen) atoms. The maximum atomic E-state index is 10.9. The molecule has 0 fully saturated rings. The van der Waals surface area contributed by atoms with E-state index in [1.165, 1.54) is 0 Å². The molecule has 0 spiro atoms. The van der Waals surface area contributed by atoms with Crippen LogP contribution < -0.4 is 4.90 Å². The van der Waals surface area contributed by atoms with Gasteiger partial charge in [-0.25, -0.2) is 0 Å². The fourth-order valence-electron chi connectivity index (χ4n) is 1.79. The Morgan fingerprint density at radius 1 is 1.30 bits per heavy atom. The van der Waals surface area contributed by atoms with Crippen LogP contribution in [-0.2, 0) is 9.53 Å². The minimum absolute atomic E-state index is 0.0388. The summed E-state index contributed by atoms with van der Waals surface area (Å²) in [7, 11) is 0. The molecule has 1 unspecified atom stereocenters. The monoisotopic (exact) mass is 281 g/mol. The van der Waals surface area contributed by atoms with E-state index in [-0.39, 0.29) is 25.8 Å². The number of aliphatic carboxylic acids is 1. The normalized spacial score (nSPS) is 12.4. The molecule has 5 heteroatoms. The van der Waals surface area contributed by atoms with Crippen LogP contribution in [-0.4, -0.2) is 48.1 Å². The van der Waals surface area contributed by atoms with E-state index in [1.807, 2.05) is 45.0 Å². The van der Waals surface area contributed by atoms with Crippen molar-refractivity contribution in [1.29, 1.82) is 0 Å². The van der Waals surface area contributed by atoms with Crippen LogP contribution in [0.1, 0.15) is 19.4 Å². The summed E-state index contributed by atoms with van der Waals surface area (Å²) in [6.07, 6.45) is -0.685. The molecule has 0 aliphatic heterocycles. The van der Waals surface area contributed by atoms with E-state index >= 15 is 0 Å². The SMILES string of the molecule is Cc1ccc(N(CC(=O)O)CC(O)COC(C)C)cc1. The molecule has 0 amide bonds. The van der Waals surface area contributed by atoms with Crippen molar-refractivity contribution < 1.29 is 19.7 Å². The van der Waals surface area contributed by atoms with Crippen molar-refractivity contribution in [3.05, 3.63) is 29.8 Å². The van der Waals surface area contributed by atoms with Gasteiger partial charge >= 0.3 is 5.97 Å². The topological polar surface area (TPSA) is 70.0 Å². The van der Waals surface area contributed by atoms with E-state index in [1.54, 1.807) is 4.90 Å². The summed E-state index contributed by atoms with van der Waals surface area (Å²) in [6.45, 7) is 6.02. The highest BCUT2D eigenvalue weighted by atomic mass is 16.5. The molecule has 1 rings (SSSR count). The van der Waals surface area contributed by atoms with Crippen molar-refractivity contribution in [1.82, 2.24) is 0 Å². The van der Waals surface area contributed by atoms with Gasteiger partial charge in [0, 0.05) is 12.2 Å². The van der Waals surface area contributed by atoms with Crippen LogP contribution in [0.5, 0.6) is 0 Å². The second-order valence-corrected chi connectivity index (χ2v) is 5.15. The second kappa shape index (κ2) is 7.87. The predicted octanol–water partition coefficient (Wildman–Crippen LogP) is 1.67. The fraction of sp³-hybridized carbons (Fsp3) is 0.533. The van der Waals surface area contributed by atoms with Crippen molar-refractivity contribution in [3.63, 3.8) is 0 Å². The molecule has 0 aliphatic carbocycles. The van der Waals surface area contributed by atoms with E-state index in [2.05, 4.69) is 0 Å². The predicted molar refractivity (Wildman–Crippen MR) is 78.1 cm³/mol. The number of rotatable bonds is 8. The molecule has 0 heterocycles. The van der Waals surface area contributed by atoms with Crippen LogP contribution in [0.15, 0.2) is 24.3 Å². The van der Waals surface area contributed by atoms with Crippen LogP contribution in [0.3, 0.4) is 0 Å².